The first-order chi connectivity index (χ1) is 10.6. The Bertz CT molecular complexity index is 707. The smallest absolute Gasteiger partial charge is 0.252 e. The van der Waals surface area contributed by atoms with Gasteiger partial charge in [-0.15, -0.1) is 12.4 Å². The summed E-state index contributed by atoms with van der Waals surface area (Å²) in [5, 5.41) is 3.00. The molecule has 6 heteroatoms. The Labute approximate surface area is 151 Å². The molecular weight excluding hydrogens is 348 g/mol. The summed E-state index contributed by atoms with van der Waals surface area (Å²) in [6.45, 7) is 1.50. The van der Waals surface area contributed by atoms with E-state index in [9.17, 15) is 4.79 Å². The van der Waals surface area contributed by atoms with Crippen molar-refractivity contribution in [1.82, 2.24) is 10.2 Å². The lowest BCUT2D eigenvalue weighted by Crippen LogP contribution is -2.31. The zero-order valence-electron chi connectivity index (χ0n) is 13.0. The van der Waals surface area contributed by atoms with E-state index < -0.39 is 0 Å². The van der Waals surface area contributed by atoms with Crippen molar-refractivity contribution >= 4 is 41.8 Å². The topological polar surface area (TPSA) is 32.3 Å². The van der Waals surface area contributed by atoms with E-state index >= 15 is 0 Å². The van der Waals surface area contributed by atoms with Crippen LogP contribution in [0.15, 0.2) is 62.0 Å². The summed E-state index contributed by atoms with van der Waals surface area (Å²) in [4.78, 5) is 19.2. The highest BCUT2D eigenvalue weighted by Gasteiger charge is 2.22. The van der Waals surface area contributed by atoms with Crippen molar-refractivity contribution in [3.8, 4) is 0 Å². The van der Waals surface area contributed by atoms with Gasteiger partial charge in [-0.05, 0) is 38.4 Å². The van der Waals surface area contributed by atoms with Crippen LogP contribution in [0.3, 0.4) is 0 Å². The van der Waals surface area contributed by atoms with Gasteiger partial charge >= 0.3 is 0 Å². The van der Waals surface area contributed by atoms with E-state index in [0.717, 1.165) is 21.9 Å². The van der Waals surface area contributed by atoms with Crippen LogP contribution in [0.2, 0.25) is 0 Å². The van der Waals surface area contributed by atoms with Gasteiger partial charge in [0.25, 0.3) is 5.91 Å². The molecule has 0 saturated heterocycles. The quantitative estimate of drug-likeness (QED) is 0.756. The van der Waals surface area contributed by atoms with Crippen LogP contribution >= 0.6 is 35.9 Å². The zero-order chi connectivity index (χ0) is 15.5. The molecule has 0 unspecified atom stereocenters. The number of halogens is 1. The molecule has 0 bridgehead atoms. The maximum absolute atomic E-state index is 12.5. The largest absolute Gasteiger partial charge is 0.351 e. The average Bonchev–Trinajstić information content (AvgIpc) is 2.51. The summed E-state index contributed by atoms with van der Waals surface area (Å²) in [5.74, 6) is 0.00572. The van der Waals surface area contributed by atoms with E-state index in [1.54, 1.807) is 23.5 Å². The Balaban J connectivity index is 0.00000192. The molecule has 0 spiro atoms. The van der Waals surface area contributed by atoms with Crippen LogP contribution in [0.5, 0.6) is 0 Å². The number of carbonyl (C=O) groups excluding carboxylic acids is 1. The second kappa shape index (κ2) is 8.11. The normalized spacial score (nSPS) is 12.1. The third-order valence-electron chi connectivity index (χ3n) is 3.35. The lowest BCUT2D eigenvalue weighted by atomic mass is 10.2. The molecule has 1 aliphatic rings. The van der Waals surface area contributed by atoms with E-state index in [4.69, 9.17) is 0 Å². The van der Waals surface area contributed by atoms with E-state index in [0.29, 0.717) is 6.54 Å². The van der Waals surface area contributed by atoms with Gasteiger partial charge in [0.15, 0.2) is 0 Å². The Kier molecular flexibility index (Phi) is 6.41. The highest BCUT2D eigenvalue weighted by molar-refractivity contribution is 8.05. The van der Waals surface area contributed by atoms with Crippen LogP contribution in [0, 0.1) is 0 Å². The minimum atomic E-state index is 0. The number of benzene rings is 2. The molecule has 122 valence electrons. The Hall–Kier alpha value is -1.14. The fourth-order valence-electron chi connectivity index (χ4n) is 2.22. The number of hydrogen-bond donors (Lipinski definition) is 1. The van der Waals surface area contributed by atoms with E-state index in [1.807, 2.05) is 32.3 Å². The third kappa shape index (κ3) is 4.23. The molecule has 0 aliphatic carbocycles. The van der Waals surface area contributed by atoms with Gasteiger partial charge in [0.05, 0.1) is 5.56 Å². The van der Waals surface area contributed by atoms with Gasteiger partial charge in [0.2, 0.25) is 0 Å². The fourth-order valence-corrected chi connectivity index (χ4v) is 4.59. The van der Waals surface area contributed by atoms with Crippen molar-refractivity contribution in [2.75, 3.05) is 27.2 Å². The highest BCUT2D eigenvalue weighted by Crippen LogP contribution is 2.49. The molecule has 1 heterocycles. The molecule has 1 N–H and O–H groups in total. The van der Waals surface area contributed by atoms with Crippen LogP contribution < -0.4 is 5.32 Å². The molecule has 3 rings (SSSR count). The molecule has 2 aromatic rings. The van der Waals surface area contributed by atoms with Crippen LogP contribution in [-0.2, 0) is 0 Å². The standard InChI is InChI=1S/C17H18N2OS2.ClH/c1-19(2)11-10-18-17(20)12-6-5-9-15-16(12)22-14-8-4-3-7-13(14)21-15;/h3-9H,10-11H2,1-2H3,(H,18,20);1H. The zero-order valence-corrected chi connectivity index (χ0v) is 15.5. The molecule has 2 aromatic carbocycles. The minimum absolute atomic E-state index is 0. The SMILES string of the molecule is CN(C)CCNC(=O)c1cccc2c1Sc1ccccc1S2.Cl. The van der Waals surface area contributed by atoms with Crippen LogP contribution in [0.4, 0.5) is 0 Å². The van der Waals surface area contributed by atoms with Gasteiger partial charge in [0, 0.05) is 32.7 Å². The van der Waals surface area contributed by atoms with Crippen molar-refractivity contribution in [3.05, 3.63) is 48.0 Å². The van der Waals surface area contributed by atoms with Crippen molar-refractivity contribution in [3.63, 3.8) is 0 Å². The second-order valence-corrected chi connectivity index (χ2v) is 7.48. The van der Waals surface area contributed by atoms with Gasteiger partial charge in [-0.25, -0.2) is 0 Å². The van der Waals surface area contributed by atoms with E-state index in [1.165, 1.54) is 9.79 Å². The summed E-state index contributed by atoms with van der Waals surface area (Å²) in [7, 11) is 4.00. The summed E-state index contributed by atoms with van der Waals surface area (Å²) in [6, 6.07) is 14.3. The van der Waals surface area contributed by atoms with Gasteiger partial charge < -0.3 is 10.2 Å². The molecule has 0 saturated carbocycles. The average molecular weight is 367 g/mol. The number of nitrogens with one attached hydrogen (secondary N) is 1. The first-order valence-corrected chi connectivity index (χ1v) is 8.79. The lowest BCUT2D eigenvalue weighted by Gasteiger charge is -2.20. The number of likely N-dealkylation sites (N-methyl/N-ethyl adjacent to an activating group) is 1. The maximum atomic E-state index is 12.5. The Morgan fingerprint density at radius 2 is 1.65 bits per heavy atom. The number of carbonyl (C=O) groups is 1. The monoisotopic (exact) mass is 366 g/mol. The molecule has 3 nitrogen and oxygen atoms in total. The summed E-state index contributed by atoms with van der Waals surface area (Å²) in [5.41, 5.74) is 0.767. The first kappa shape index (κ1) is 18.2. The number of fused-ring (bicyclic) bond motifs is 2. The van der Waals surface area contributed by atoms with Gasteiger partial charge in [0.1, 0.15) is 0 Å². The molecule has 1 aliphatic heterocycles. The number of nitrogens with zero attached hydrogens (tertiary/aromatic N) is 1. The highest BCUT2D eigenvalue weighted by atomic mass is 35.5. The fraction of sp³-hybridized carbons (Fsp3) is 0.235. The maximum Gasteiger partial charge on any atom is 0.252 e. The van der Waals surface area contributed by atoms with Crippen molar-refractivity contribution < 1.29 is 4.79 Å². The molecule has 0 radical (unpaired) electrons. The van der Waals surface area contributed by atoms with Crippen LogP contribution in [0.1, 0.15) is 10.4 Å². The van der Waals surface area contributed by atoms with E-state index in [-0.39, 0.29) is 18.3 Å². The molecule has 0 atom stereocenters. The Morgan fingerprint density at radius 3 is 2.35 bits per heavy atom. The predicted octanol–water partition coefficient (Wildman–Crippen LogP) is 4.02. The van der Waals surface area contributed by atoms with Gasteiger partial charge in [-0.2, -0.15) is 0 Å². The first-order valence-electron chi connectivity index (χ1n) is 7.16. The number of amides is 1. The van der Waals surface area contributed by atoms with E-state index in [2.05, 4.69) is 34.5 Å². The summed E-state index contributed by atoms with van der Waals surface area (Å²) < 4.78 is 0. The lowest BCUT2D eigenvalue weighted by molar-refractivity contribution is 0.0947. The van der Waals surface area contributed by atoms with Crippen LogP contribution in [-0.4, -0.2) is 38.0 Å². The Morgan fingerprint density at radius 1 is 1.00 bits per heavy atom. The van der Waals surface area contributed by atoms with Crippen molar-refractivity contribution in [2.24, 2.45) is 0 Å². The third-order valence-corrected chi connectivity index (χ3v) is 5.96. The van der Waals surface area contributed by atoms with Crippen LogP contribution in [0.25, 0.3) is 0 Å². The molecule has 1 amide bonds. The van der Waals surface area contributed by atoms with Gasteiger partial charge in [-0.1, -0.05) is 41.7 Å². The minimum Gasteiger partial charge on any atom is -0.351 e. The molecule has 0 aromatic heterocycles. The summed E-state index contributed by atoms with van der Waals surface area (Å²) in [6.07, 6.45) is 0. The van der Waals surface area contributed by atoms with Gasteiger partial charge in [-0.3, -0.25) is 4.79 Å². The van der Waals surface area contributed by atoms with Crippen molar-refractivity contribution in [1.29, 1.82) is 0 Å². The number of hydrogen-bond acceptors (Lipinski definition) is 4. The molecule has 23 heavy (non-hydrogen) atoms. The second-order valence-electron chi connectivity index (χ2n) is 5.34. The molecule has 0 fully saturated rings. The molecular formula is C17H19ClN2OS2. The predicted molar refractivity (Wildman–Crippen MR) is 99.3 cm³/mol. The number of rotatable bonds is 4. The summed E-state index contributed by atoms with van der Waals surface area (Å²) >= 11 is 3.42. The van der Waals surface area contributed by atoms with Crippen molar-refractivity contribution in [2.45, 2.75) is 19.6 Å².